The van der Waals surface area contributed by atoms with Crippen molar-refractivity contribution in [2.24, 2.45) is 0 Å². The number of carbonyl (C=O) groups excluding carboxylic acids is 1. The van der Waals surface area contributed by atoms with Crippen LogP contribution in [0.3, 0.4) is 0 Å². The van der Waals surface area contributed by atoms with Crippen LogP contribution in [0.2, 0.25) is 0 Å². The number of aryl methyl sites for hydroxylation is 1. The van der Waals surface area contributed by atoms with Crippen molar-refractivity contribution in [3.05, 3.63) is 89.5 Å². The minimum Gasteiger partial charge on any atom is -0.496 e. The van der Waals surface area contributed by atoms with E-state index in [1.165, 1.54) is 16.5 Å². The van der Waals surface area contributed by atoms with Gasteiger partial charge in [-0.05, 0) is 35.9 Å². The zero-order chi connectivity index (χ0) is 24.9. The van der Waals surface area contributed by atoms with Crippen LogP contribution in [0.25, 0.3) is 10.8 Å². The summed E-state index contributed by atoms with van der Waals surface area (Å²) in [5.41, 5.74) is 2.46. The van der Waals surface area contributed by atoms with Crippen LogP contribution in [0.4, 0.5) is 0 Å². The molecule has 7 heteroatoms. The van der Waals surface area contributed by atoms with Crippen LogP contribution in [-0.4, -0.2) is 45.8 Å². The Morgan fingerprint density at radius 2 is 1.75 bits per heavy atom. The molecule has 5 rings (SSSR count). The van der Waals surface area contributed by atoms with E-state index in [-0.39, 0.29) is 11.9 Å². The SMILES string of the molecule is COc1ccc(CN2CCc3nnc(C(C)NC(=O)CCc4ccccc4)n3CC2)c2ccccc12. The molecular formula is C29H33N5O2. The Balaban J connectivity index is 1.22. The van der Waals surface area contributed by atoms with E-state index in [2.05, 4.69) is 73.5 Å². The normalized spacial score (nSPS) is 14.7. The molecular weight excluding hydrogens is 450 g/mol. The molecule has 7 nitrogen and oxygen atoms in total. The topological polar surface area (TPSA) is 72.3 Å². The molecule has 186 valence electrons. The largest absolute Gasteiger partial charge is 0.496 e. The number of carbonyl (C=O) groups is 1. The molecule has 0 bridgehead atoms. The van der Waals surface area contributed by atoms with Gasteiger partial charge in [0.2, 0.25) is 5.91 Å². The van der Waals surface area contributed by atoms with Gasteiger partial charge in [0.25, 0.3) is 0 Å². The van der Waals surface area contributed by atoms with Gasteiger partial charge in [0.1, 0.15) is 11.6 Å². The number of rotatable bonds is 8. The number of methoxy groups -OCH3 is 1. The summed E-state index contributed by atoms with van der Waals surface area (Å²) < 4.78 is 7.75. The van der Waals surface area contributed by atoms with Crippen molar-refractivity contribution >= 4 is 16.7 Å². The predicted octanol–water partition coefficient (Wildman–Crippen LogP) is 4.31. The lowest BCUT2D eigenvalue weighted by Gasteiger charge is -2.21. The monoisotopic (exact) mass is 483 g/mol. The highest BCUT2D eigenvalue weighted by Crippen LogP contribution is 2.29. The van der Waals surface area contributed by atoms with Gasteiger partial charge < -0.3 is 14.6 Å². The quantitative estimate of drug-likeness (QED) is 0.404. The molecule has 2 heterocycles. The lowest BCUT2D eigenvalue weighted by Crippen LogP contribution is -2.30. The third-order valence-electron chi connectivity index (χ3n) is 6.98. The molecule has 0 fully saturated rings. The Labute approximate surface area is 212 Å². The summed E-state index contributed by atoms with van der Waals surface area (Å²) in [6, 6.07) is 22.6. The molecule has 1 amide bonds. The maximum Gasteiger partial charge on any atom is 0.220 e. The number of benzene rings is 3. The van der Waals surface area contributed by atoms with Crippen LogP contribution >= 0.6 is 0 Å². The van der Waals surface area contributed by atoms with Crippen molar-refractivity contribution in [1.82, 2.24) is 25.0 Å². The van der Waals surface area contributed by atoms with E-state index in [9.17, 15) is 4.79 Å². The molecule has 4 aromatic rings. The van der Waals surface area contributed by atoms with Gasteiger partial charge in [-0.3, -0.25) is 9.69 Å². The minimum atomic E-state index is -0.188. The number of ether oxygens (including phenoxy) is 1. The Morgan fingerprint density at radius 1 is 0.972 bits per heavy atom. The first-order chi connectivity index (χ1) is 17.6. The first-order valence-electron chi connectivity index (χ1n) is 12.6. The van der Waals surface area contributed by atoms with E-state index in [0.29, 0.717) is 6.42 Å². The highest BCUT2D eigenvalue weighted by atomic mass is 16.5. The van der Waals surface area contributed by atoms with E-state index in [1.807, 2.05) is 25.1 Å². The number of hydrogen-bond donors (Lipinski definition) is 1. The van der Waals surface area contributed by atoms with Crippen LogP contribution in [0.15, 0.2) is 66.7 Å². The van der Waals surface area contributed by atoms with Crippen LogP contribution in [-0.2, 0) is 30.7 Å². The zero-order valence-corrected chi connectivity index (χ0v) is 21.0. The number of hydrogen-bond acceptors (Lipinski definition) is 5. The fourth-order valence-electron chi connectivity index (χ4n) is 5.04. The molecule has 1 N–H and O–H groups in total. The molecule has 3 aromatic carbocycles. The van der Waals surface area contributed by atoms with Crippen LogP contribution < -0.4 is 10.1 Å². The zero-order valence-electron chi connectivity index (χ0n) is 21.0. The Bertz CT molecular complexity index is 1330. The van der Waals surface area contributed by atoms with Crippen molar-refractivity contribution in [2.45, 2.75) is 45.3 Å². The molecule has 0 aliphatic carbocycles. The number of nitrogens with zero attached hydrogens (tertiary/aromatic N) is 4. The Hall–Kier alpha value is -3.71. The highest BCUT2D eigenvalue weighted by Gasteiger charge is 2.23. The smallest absolute Gasteiger partial charge is 0.220 e. The van der Waals surface area contributed by atoms with E-state index in [1.54, 1.807) is 7.11 Å². The second kappa shape index (κ2) is 10.9. The lowest BCUT2D eigenvalue weighted by atomic mass is 10.0. The molecule has 0 radical (unpaired) electrons. The first-order valence-corrected chi connectivity index (χ1v) is 12.6. The molecule has 0 saturated carbocycles. The van der Waals surface area contributed by atoms with E-state index >= 15 is 0 Å². The van der Waals surface area contributed by atoms with Crippen LogP contribution in [0, 0.1) is 0 Å². The maximum atomic E-state index is 12.6. The van der Waals surface area contributed by atoms with Gasteiger partial charge in [-0.15, -0.1) is 10.2 Å². The molecule has 36 heavy (non-hydrogen) atoms. The van der Waals surface area contributed by atoms with Crippen molar-refractivity contribution < 1.29 is 9.53 Å². The van der Waals surface area contributed by atoms with Gasteiger partial charge in [-0.2, -0.15) is 0 Å². The Kier molecular flexibility index (Phi) is 7.28. The third-order valence-corrected chi connectivity index (χ3v) is 6.98. The van der Waals surface area contributed by atoms with Gasteiger partial charge in [-0.1, -0.05) is 60.7 Å². The molecule has 1 unspecified atom stereocenters. The average molecular weight is 484 g/mol. The van der Waals surface area contributed by atoms with Gasteiger partial charge >= 0.3 is 0 Å². The summed E-state index contributed by atoms with van der Waals surface area (Å²) in [5.74, 6) is 2.75. The van der Waals surface area contributed by atoms with Crippen LogP contribution in [0.5, 0.6) is 5.75 Å². The summed E-state index contributed by atoms with van der Waals surface area (Å²) in [6.07, 6.45) is 2.01. The summed E-state index contributed by atoms with van der Waals surface area (Å²) in [7, 11) is 1.72. The molecule has 0 spiro atoms. The second-order valence-electron chi connectivity index (χ2n) is 9.40. The summed E-state index contributed by atoms with van der Waals surface area (Å²) in [6.45, 7) is 5.47. The average Bonchev–Trinajstić information content (AvgIpc) is 3.22. The van der Waals surface area contributed by atoms with Crippen LogP contribution in [0.1, 0.15) is 42.2 Å². The number of aromatic nitrogens is 3. The number of nitrogens with one attached hydrogen (secondary N) is 1. The summed E-state index contributed by atoms with van der Waals surface area (Å²) in [5, 5.41) is 14.4. The number of fused-ring (bicyclic) bond motifs is 2. The van der Waals surface area contributed by atoms with Gasteiger partial charge in [0.05, 0.1) is 13.2 Å². The summed E-state index contributed by atoms with van der Waals surface area (Å²) >= 11 is 0. The van der Waals surface area contributed by atoms with Gasteiger partial charge in [0, 0.05) is 44.4 Å². The molecule has 1 aliphatic heterocycles. The third kappa shape index (κ3) is 5.26. The summed E-state index contributed by atoms with van der Waals surface area (Å²) in [4.78, 5) is 15.0. The van der Waals surface area contributed by atoms with Crippen molar-refractivity contribution in [2.75, 3.05) is 20.2 Å². The first kappa shape index (κ1) is 24.0. The van der Waals surface area contributed by atoms with Gasteiger partial charge in [-0.25, -0.2) is 0 Å². The molecule has 1 atom stereocenters. The molecule has 1 aliphatic rings. The number of amides is 1. The van der Waals surface area contributed by atoms with E-state index in [4.69, 9.17) is 4.74 Å². The van der Waals surface area contributed by atoms with Gasteiger partial charge in [0.15, 0.2) is 5.82 Å². The fourth-order valence-corrected chi connectivity index (χ4v) is 5.04. The van der Waals surface area contributed by atoms with E-state index < -0.39 is 0 Å². The molecule has 1 aromatic heterocycles. The van der Waals surface area contributed by atoms with E-state index in [0.717, 1.165) is 61.8 Å². The predicted molar refractivity (Wildman–Crippen MR) is 141 cm³/mol. The minimum absolute atomic E-state index is 0.0327. The van der Waals surface area contributed by atoms with Crippen molar-refractivity contribution in [1.29, 1.82) is 0 Å². The second-order valence-corrected chi connectivity index (χ2v) is 9.40. The van der Waals surface area contributed by atoms with Crippen molar-refractivity contribution in [3.63, 3.8) is 0 Å². The molecule has 0 saturated heterocycles. The lowest BCUT2D eigenvalue weighted by molar-refractivity contribution is -0.121. The maximum absolute atomic E-state index is 12.6. The standard InChI is InChI=1S/C29H33N5O2/c1-21(30-28(35)15-12-22-8-4-3-5-9-22)29-32-31-27-16-17-33(18-19-34(27)29)20-23-13-14-26(36-2)25-11-7-6-10-24(23)25/h3-11,13-14,21H,12,15-20H2,1-2H3,(H,30,35). The Morgan fingerprint density at radius 3 is 2.56 bits per heavy atom. The van der Waals surface area contributed by atoms with Crippen molar-refractivity contribution in [3.8, 4) is 5.75 Å². The fraction of sp³-hybridized carbons (Fsp3) is 0.345. The highest BCUT2D eigenvalue weighted by molar-refractivity contribution is 5.91.